The first-order valence-corrected chi connectivity index (χ1v) is 8.24. The van der Waals surface area contributed by atoms with Gasteiger partial charge in [-0.3, -0.25) is 0 Å². The molecule has 2 unspecified atom stereocenters. The maximum absolute atomic E-state index is 13.6. The van der Waals surface area contributed by atoms with Crippen molar-refractivity contribution in [1.29, 1.82) is 0 Å². The molecule has 2 atom stereocenters. The quantitative estimate of drug-likeness (QED) is 0.597. The minimum absolute atomic E-state index is 0.218. The van der Waals surface area contributed by atoms with Crippen molar-refractivity contribution < 1.29 is 13.9 Å². The summed E-state index contributed by atoms with van der Waals surface area (Å²) in [6.07, 6.45) is 2.24. The lowest BCUT2D eigenvalue weighted by atomic mass is 10.2. The molecule has 2 rings (SSSR count). The number of nitrogens with zero attached hydrogens (tertiary/aromatic N) is 1. The van der Waals surface area contributed by atoms with E-state index >= 15 is 0 Å². The van der Waals surface area contributed by atoms with E-state index in [0.717, 1.165) is 38.5 Å². The van der Waals surface area contributed by atoms with Gasteiger partial charge in [0, 0.05) is 19.7 Å². The van der Waals surface area contributed by atoms with Gasteiger partial charge in [0.2, 0.25) is 0 Å². The third-order valence-electron chi connectivity index (χ3n) is 3.54. The van der Waals surface area contributed by atoms with E-state index in [9.17, 15) is 4.39 Å². The average molecular weight is 323 g/mol. The zero-order valence-electron chi connectivity index (χ0n) is 13.8. The molecule has 6 heteroatoms. The smallest absolute Gasteiger partial charge is 0.191 e. The number of nitrogens with one attached hydrogen (secondary N) is 2. The third kappa shape index (κ3) is 6.06. The Morgan fingerprint density at radius 3 is 2.96 bits per heavy atom. The van der Waals surface area contributed by atoms with Crippen LogP contribution >= 0.6 is 0 Å². The second-order valence-corrected chi connectivity index (χ2v) is 5.59. The van der Waals surface area contributed by atoms with E-state index in [1.165, 1.54) is 6.07 Å². The molecule has 0 saturated carbocycles. The van der Waals surface area contributed by atoms with Crippen molar-refractivity contribution in [3.05, 3.63) is 30.1 Å². The summed E-state index contributed by atoms with van der Waals surface area (Å²) >= 11 is 0. The van der Waals surface area contributed by atoms with Gasteiger partial charge in [-0.1, -0.05) is 12.1 Å². The van der Waals surface area contributed by atoms with Gasteiger partial charge in [0.25, 0.3) is 0 Å². The van der Waals surface area contributed by atoms with Crippen LogP contribution in [0.15, 0.2) is 29.3 Å². The molecule has 1 aliphatic heterocycles. The number of aliphatic imine (C=N–C) groups is 1. The molecule has 0 spiro atoms. The Bertz CT molecular complexity index is 504. The maximum atomic E-state index is 13.6. The lowest BCUT2D eigenvalue weighted by Gasteiger charge is -2.17. The lowest BCUT2D eigenvalue weighted by Crippen LogP contribution is -2.41. The largest absolute Gasteiger partial charge is 0.486 e. The second-order valence-electron chi connectivity index (χ2n) is 5.59. The van der Waals surface area contributed by atoms with Crippen molar-refractivity contribution >= 4 is 5.96 Å². The molecule has 1 aliphatic rings. The van der Waals surface area contributed by atoms with Crippen LogP contribution in [0.2, 0.25) is 0 Å². The van der Waals surface area contributed by atoms with Crippen LogP contribution < -0.4 is 15.4 Å². The number of benzene rings is 1. The van der Waals surface area contributed by atoms with Gasteiger partial charge in [-0.15, -0.1) is 0 Å². The molecule has 0 bridgehead atoms. The Balaban J connectivity index is 1.82. The molecule has 1 aromatic rings. The van der Waals surface area contributed by atoms with E-state index in [0.29, 0.717) is 6.54 Å². The van der Waals surface area contributed by atoms with Gasteiger partial charge in [-0.25, -0.2) is 9.38 Å². The minimum atomic E-state index is -0.355. The molecule has 1 heterocycles. The first-order valence-electron chi connectivity index (χ1n) is 8.24. The SMILES string of the molecule is CCNC(=NCC(C)Oc1ccccc1F)NCC1CCCO1. The van der Waals surface area contributed by atoms with Gasteiger partial charge in [0.1, 0.15) is 6.10 Å². The summed E-state index contributed by atoms with van der Waals surface area (Å²) in [5.41, 5.74) is 0. The predicted octanol–water partition coefficient (Wildman–Crippen LogP) is 2.33. The number of hydrogen-bond acceptors (Lipinski definition) is 3. The van der Waals surface area contributed by atoms with Crippen LogP contribution in [0.4, 0.5) is 4.39 Å². The normalized spacial score (nSPS) is 19.4. The number of halogens is 1. The molecule has 1 fully saturated rings. The van der Waals surface area contributed by atoms with Crippen molar-refractivity contribution in [2.45, 2.75) is 38.9 Å². The summed E-state index contributed by atoms with van der Waals surface area (Å²) in [5, 5.41) is 6.47. The van der Waals surface area contributed by atoms with E-state index in [4.69, 9.17) is 9.47 Å². The topological polar surface area (TPSA) is 54.9 Å². The Hall–Kier alpha value is -1.82. The maximum Gasteiger partial charge on any atom is 0.191 e. The Kier molecular flexibility index (Phi) is 7.13. The van der Waals surface area contributed by atoms with Crippen molar-refractivity contribution in [3.63, 3.8) is 0 Å². The highest BCUT2D eigenvalue weighted by Gasteiger charge is 2.15. The van der Waals surface area contributed by atoms with Gasteiger partial charge in [0.15, 0.2) is 17.5 Å². The van der Waals surface area contributed by atoms with Crippen LogP contribution in [0.5, 0.6) is 5.75 Å². The number of para-hydroxylation sites is 1. The molecular weight excluding hydrogens is 297 g/mol. The molecule has 2 N–H and O–H groups in total. The Morgan fingerprint density at radius 1 is 1.43 bits per heavy atom. The van der Waals surface area contributed by atoms with Crippen LogP contribution in [0.1, 0.15) is 26.7 Å². The van der Waals surface area contributed by atoms with Crippen LogP contribution in [-0.2, 0) is 4.74 Å². The Labute approximate surface area is 137 Å². The van der Waals surface area contributed by atoms with Crippen LogP contribution in [0, 0.1) is 5.82 Å². The van der Waals surface area contributed by atoms with E-state index < -0.39 is 0 Å². The highest BCUT2D eigenvalue weighted by molar-refractivity contribution is 5.79. The van der Waals surface area contributed by atoms with Crippen LogP contribution in [-0.4, -0.2) is 44.4 Å². The van der Waals surface area contributed by atoms with Gasteiger partial charge < -0.3 is 20.1 Å². The zero-order valence-corrected chi connectivity index (χ0v) is 13.8. The molecule has 1 saturated heterocycles. The van der Waals surface area contributed by atoms with Crippen molar-refractivity contribution in [2.24, 2.45) is 4.99 Å². The highest BCUT2D eigenvalue weighted by Crippen LogP contribution is 2.17. The summed E-state index contributed by atoms with van der Waals surface area (Å²) < 4.78 is 24.7. The monoisotopic (exact) mass is 323 g/mol. The van der Waals surface area contributed by atoms with E-state index in [-0.39, 0.29) is 23.8 Å². The average Bonchev–Trinajstić information content (AvgIpc) is 3.06. The summed E-state index contributed by atoms with van der Waals surface area (Å²) in [5.74, 6) is 0.631. The molecule has 5 nitrogen and oxygen atoms in total. The lowest BCUT2D eigenvalue weighted by molar-refractivity contribution is 0.113. The molecule has 23 heavy (non-hydrogen) atoms. The first-order chi connectivity index (χ1) is 11.2. The van der Waals surface area contributed by atoms with E-state index in [1.54, 1.807) is 18.2 Å². The number of rotatable bonds is 7. The standard InChI is InChI=1S/C17H26FN3O2/c1-3-19-17(21-12-14-7-6-10-22-14)20-11-13(2)23-16-9-5-4-8-15(16)18/h4-5,8-9,13-14H,3,6-7,10-12H2,1-2H3,(H2,19,20,21). The first kappa shape index (κ1) is 17.5. The van der Waals surface area contributed by atoms with Gasteiger partial charge in [0.05, 0.1) is 12.6 Å². The fourth-order valence-electron chi connectivity index (χ4n) is 2.37. The van der Waals surface area contributed by atoms with Crippen LogP contribution in [0.3, 0.4) is 0 Å². The van der Waals surface area contributed by atoms with Crippen molar-refractivity contribution in [1.82, 2.24) is 10.6 Å². The molecule has 0 aromatic heterocycles. The second kappa shape index (κ2) is 9.35. The number of guanidine groups is 1. The molecule has 0 aliphatic carbocycles. The fraction of sp³-hybridized carbons (Fsp3) is 0.588. The third-order valence-corrected chi connectivity index (χ3v) is 3.54. The van der Waals surface area contributed by atoms with Gasteiger partial charge in [-0.05, 0) is 38.8 Å². The number of ether oxygens (including phenoxy) is 2. The van der Waals surface area contributed by atoms with Gasteiger partial charge >= 0.3 is 0 Å². The van der Waals surface area contributed by atoms with Crippen LogP contribution in [0.25, 0.3) is 0 Å². The molecular formula is C17H26FN3O2. The molecule has 0 amide bonds. The summed E-state index contributed by atoms with van der Waals surface area (Å²) in [6.45, 7) is 6.69. The van der Waals surface area contributed by atoms with Gasteiger partial charge in [-0.2, -0.15) is 0 Å². The fourth-order valence-corrected chi connectivity index (χ4v) is 2.37. The minimum Gasteiger partial charge on any atom is -0.486 e. The Morgan fingerprint density at radius 2 is 2.26 bits per heavy atom. The van der Waals surface area contributed by atoms with Crippen molar-refractivity contribution in [3.8, 4) is 5.75 Å². The predicted molar refractivity (Wildman–Crippen MR) is 89.4 cm³/mol. The molecule has 0 radical (unpaired) electrons. The summed E-state index contributed by atoms with van der Waals surface area (Å²) in [4.78, 5) is 4.49. The number of hydrogen-bond donors (Lipinski definition) is 2. The summed E-state index contributed by atoms with van der Waals surface area (Å²) in [6, 6.07) is 6.40. The van der Waals surface area contributed by atoms with Crippen molar-refractivity contribution in [2.75, 3.05) is 26.2 Å². The van der Waals surface area contributed by atoms with E-state index in [1.807, 2.05) is 13.8 Å². The highest BCUT2D eigenvalue weighted by atomic mass is 19.1. The molecule has 128 valence electrons. The molecule has 1 aromatic carbocycles. The zero-order chi connectivity index (χ0) is 16.5. The van der Waals surface area contributed by atoms with E-state index in [2.05, 4.69) is 15.6 Å². The summed E-state index contributed by atoms with van der Waals surface area (Å²) in [7, 11) is 0.